The monoisotopic (exact) mass is 205 g/mol. The summed E-state index contributed by atoms with van der Waals surface area (Å²) in [7, 11) is 1.89. The molecule has 0 bridgehead atoms. The van der Waals surface area contributed by atoms with Crippen LogP contribution in [0.1, 0.15) is 17.1 Å². The van der Waals surface area contributed by atoms with Gasteiger partial charge in [-0.15, -0.1) is 5.10 Å². The highest BCUT2D eigenvalue weighted by atomic mass is 15.4. The van der Waals surface area contributed by atoms with Gasteiger partial charge in [0.25, 0.3) is 0 Å². The number of hydrogen-bond donors (Lipinski definition) is 1. The van der Waals surface area contributed by atoms with Crippen LogP contribution in [-0.2, 0) is 13.6 Å². The summed E-state index contributed by atoms with van der Waals surface area (Å²) in [6, 6.07) is 4.17. The van der Waals surface area contributed by atoms with Crippen molar-refractivity contribution in [2.45, 2.75) is 20.4 Å². The SMILES string of the molecule is Cc1ccc(C)n1NCc1cnnn1C. The third-order valence-corrected chi connectivity index (χ3v) is 2.50. The molecule has 5 heteroatoms. The molecule has 80 valence electrons. The minimum atomic E-state index is 0.722. The van der Waals surface area contributed by atoms with Crippen LogP contribution in [0.15, 0.2) is 18.3 Å². The van der Waals surface area contributed by atoms with Gasteiger partial charge in [-0.3, -0.25) is 9.36 Å². The van der Waals surface area contributed by atoms with E-state index in [1.54, 1.807) is 10.9 Å². The highest BCUT2D eigenvalue weighted by molar-refractivity contribution is 5.15. The topological polar surface area (TPSA) is 47.7 Å². The predicted octanol–water partition coefficient (Wildman–Crippen LogP) is 0.977. The maximum atomic E-state index is 3.88. The Labute approximate surface area is 88.7 Å². The minimum absolute atomic E-state index is 0.722. The van der Waals surface area contributed by atoms with Crippen molar-refractivity contribution >= 4 is 0 Å². The van der Waals surface area contributed by atoms with Crippen molar-refractivity contribution in [1.29, 1.82) is 0 Å². The van der Waals surface area contributed by atoms with Crippen molar-refractivity contribution in [3.05, 3.63) is 35.4 Å². The summed E-state index contributed by atoms with van der Waals surface area (Å²) in [4.78, 5) is 0. The summed E-state index contributed by atoms with van der Waals surface area (Å²) < 4.78 is 3.83. The number of nitrogens with one attached hydrogen (secondary N) is 1. The molecular weight excluding hydrogens is 190 g/mol. The van der Waals surface area contributed by atoms with E-state index < -0.39 is 0 Å². The maximum Gasteiger partial charge on any atom is 0.0791 e. The molecule has 0 spiro atoms. The summed E-state index contributed by atoms with van der Waals surface area (Å²) in [5, 5.41) is 7.71. The molecule has 0 amide bonds. The van der Waals surface area contributed by atoms with Crippen LogP contribution in [0.4, 0.5) is 0 Å². The van der Waals surface area contributed by atoms with E-state index in [0.29, 0.717) is 0 Å². The largest absolute Gasteiger partial charge is 0.320 e. The average molecular weight is 205 g/mol. The van der Waals surface area contributed by atoms with E-state index in [0.717, 1.165) is 12.2 Å². The van der Waals surface area contributed by atoms with Gasteiger partial charge in [0.05, 0.1) is 18.4 Å². The number of aromatic nitrogens is 4. The Morgan fingerprint density at radius 3 is 2.47 bits per heavy atom. The van der Waals surface area contributed by atoms with Crippen molar-refractivity contribution in [2.24, 2.45) is 7.05 Å². The van der Waals surface area contributed by atoms with Crippen LogP contribution in [-0.4, -0.2) is 19.7 Å². The van der Waals surface area contributed by atoms with E-state index in [1.807, 2.05) is 7.05 Å². The number of hydrogen-bond acceptors (Lipinski definition) is 3. The van der Waals surface area contributed by atoms with Gasteiger partial charge in [-0.1, -0.05) is 5.21 Å². The molecule has 0 radical (unpaired) electrons. The zero-order valence-electron chi connectivity index (χ0n) is 9.23. The molecule has 0 unspecified atom stereocenters. The molecule has 15 heavy (non-hydrogen) atoms. The van der Waals surface area contributed by atoms with Crippen LogP contribution >= 0.6 is 0 Å². The van der Waals surface area contributed by atoms with Crippen LogP contribution in [0.3, 0.4) is 0 Å². The fraction of sp³-hybridized carbons (Fsp3) is 0.400. The summed E-state index contributed by atoms with van der Waals surface area (Å²) >= 11 is 0. The molecule has 2 aromatic heterocycles. The Kier molecular flexibility index (Phi) is 2.45. The molecular formula is C10H15N5. The van der Waals surface area contributed by atoms with Crippen LogP contribution in [0.5, 0.6) is 0 Å². The quantitative estimate of drug-likeness (QED) is 0.812. The Morgan fingerprint density at radius 2 is 1.93 bits per heavy atom. The van der Waals surface area contributed by atoms with Gasteiger partial charge in [0.1, 0.15) is 0 Å². The van der Waals surface area contributed by atoms with Crippen molar-refractivity contribution in [3.63, 3.8) is 0 Å². The first kappa shape index (κ1) is 9.76. The molecule has 0 atom stereocenters. The van der Waals surface area contributed by atoms with Gasteiger partial charge in [0, 0.05) is 18.4 Å². The Hall–Kier alpha value is -1.78. The van der Waals surface area contributed by atoms with Crippen LogP contribution in [0, 0.1) is 13.8 Å². The highest BCUT2D eigenvalue weighted by Gasteiger charge is 2.02. The Balaban J connectivity index is 2.08. The standard InChI is InChI=1S/C10H15N5/c1-8-4-5-9(2)15(8)12-7-10-6-11-13-14(10)3/h4-6,12H,7H2,1-3H3. The van der Waals surface area contributed by atoms with E-state index in [2.05, 4.69) is 46.4 Å². The average Bonchev–Trinajstić information content (AvgIpc) is 2.73. The minimum Gasteiger partial charge on any atom is -0.320 e. The van der Waals surface area contributed by atoms with Crippen LogP contribution < -0.4 is 5.43 Å². The fourth-order valence-corrected chi connectivity index (χ4v) is 1.55. The molecule has 0 saturated heterocycles. The molecule has 0 aliphatic heterocycles. The summed E-state index contributed by atoms with van der Waals surface area (Å²) in [6.07, 6.45) is 1.77. The fourth-order valence-electron chi connectivity index (χ4n) is 1.55. The molecule has 1 N–H and O–H groups in total. The zero-order valence-corrected chi connectivity index (χ0v) is 9.23. The van der Waals surface area contributed by atoms with Gasteiger partial charge in [-0.25, -0.2) is 0 Å². The molecule has 2 heterocycles. The molecule has 0 fully saturated rings. The normalized spacial score (nSPS) is 10.6. The first-order chi connectivity index (χ1) is 7.18. The maximum absolute atomic E-state index is 3.88. The summed E-state index contributed by atoms with van der Waals surface area (Å²) in [5.41, 5.74) is 6.77. The predicted molar refractivity (Wildman–Crippen MR) is 58.0 cm³/mol. The molecule has 5 nitrogen and oxygen atoms in total. The van der Waals surface area contributed by atoms with Gasteiger partial charge >= 0.3 is 0 Å². The molecule has 0 saturated carbocycles. The number of rotatable bonds is 3. The van der Waals surface area contributed by atoms with Crippen molar-refractivity contribution in [3.8, 4) is 0 Å². The smallest absolute Gasteiger partial charge is 0.0791 e. The van der Waals surface area contributed by atoms with E-state index in [9.17, 15) is 0 Å². The molecule has 0 aromatic carbocycles. The van der Waals surface area contributed by atoms with Crippen molar-refractivity contribution < 1.29 is 0 Å². The first-order valence-corrected chi connectivity index (χ1v) is 4.91. The van der Waals surface area contributed by atoms with E-state index in [1.165, 1.54) is 11.4 Å². The third-order valence-electron chi connectivity index (χ3n) is 2.50. The molecule has 2 aromatic rings. The van der Waals surface area contributed by atoms with E-state index in [4.69, 9.17) is 0 Å². The number of nitrogens with zero attached hydrogens (tertiary/aromatic N) is 4. The lowest BCUT2D eigenvalue weighted by molar-refractivity contribution is 0.666. The highest BCUT2D eigenvalue weighted by Crippen LogP contribution is 2.05. The Morgan fingerprint density at radius 1 is 1.27 bits per heavy atom. The lowest BCUT2D eigenvalue weighted by Gasteiger charge is -2.11. The summed E-state index contributed by atoms with van der Waals surface area (Å²) in [6.45, 7) is 4.86. The van der Waals surface area contributed by atoms with Gasteiger partial charge in [0.2, 0.25) is 0 Å². The Bertz CT molecular complexity index is 435. The first-order valence-electron chi connectivity index (χ1n) is 4.91. The van der Waals surface area contributed by atoms with Crippen molar-refractivity contribution in [1.82, 2.24) is 19.7 Å². The van der Waals surface area contributed by atoms with Crippen LogP contribution in [0.25, 0.3) is 0 Å². The van der Waals surface area contributed by atoms with Crippen LogP contribution in [0.2, 0.25) is 0 Å². The summed E-state index contributed by atoms with van der Waals surface area (Å²) in [5.74, 6) is 0. The molecule has 2 rings (SSSR count). The second-order valence-corrected chi connectivity index (χ2v) is 3.64. The third kappa shape index (κ3) is 1.86. The second kappa shape index (κ2) is 3.76. The van der Waals surface area contributed by atoms with Gasteiger partial charge < -0.3 is 5.43 Å². The van der Waals surface area contributed by atoms with E-state index in [-0.39, 0.29) is 0 Å². The molecule has 0 aliphatic carbocycles. The zero-order chi connectivity index (χ0) is 10.8. The van der Waals surface area contributed by atoms with Gasteiger partial charge in [0.15, 0.2) is 0 Å². The second-order valence-electron chi connectivity index (χ2n) is 3.64. The molecule has 0 aliphatic rings. The van der Waals surface area contributed by atoms with Crippen molar-refractivity contribution in [2.75, 3.05) is 5.43 Å². The van der Waals surface area contributed by atoms with Gasteiger partial charge in [-0.2, -0.15) is 0 Å². The van der Waals surface area contributed by atoms with E-state index >= 15 is 0 Å². The number of aryl methyl sites for hydroxylation is 3. The lowest BCUT2D eigenvalue weighted by atomic mass is 10.5. The van der Waals surface area contributed by atoms with Gasteiger partial charge in [-0.05, 0) is 26.0 Å². The lowest BCUT2D eigenvalue weighted by Crippen LogP contribution is -2.18.